The van der Waals surface area contributed by atoms with Gasteiger partial charge in [-0.1, -0.05) is 70.0 Å². The molecule has 0 heterocycles. The van der Waals surface area contributed by atoms with Gasteiger partial charge >= 0.3 is 0 Å². The Morgan fingerprint density at radius 2 is 1.61 bits per heavy atom. The molecule has 0 amide bonds. The van der Waals surface area contributed by atoms with E-state index in [0.29, 0.717) is 35.7 Å². The summed E-state index contributed by atoms with van der Waals surface area (Å²) in [6.07, 6.45) is 9.00. The van der Waals surface area contributed by atoms with Gasteiger partial charge in [0.15, 0.2) is 5.78 Å². The molecule has 2 saturated carbocycles. The number of fused-ring (bicyclic) bond motifs is 4. The van der Waals surface area contributed by atoms with Gasteiger partial charge in [-0.25, -0.2) is 0 Å². The van der Waals surface area contributed by atoms with Crippen LogP contribution in [0.2, 0.25) is 0 Å². The van der Waals surface area contributed by atoms with Gasteiger partial charge in [-0.05, 0) is 92.4 Å². The molecule has 0 saturated heterocycles. The standard InChI is InChI=1S/C27H32O2.2C2H6/c1-16-4-6-18(7-5-16)23-15-27(3)24(17(2)28)12-13-25(27)22-10-8-19-14-20(29)9-11-21(19)26(22)23;2*1-2/h4-7,14,22-25H,8-13,15H2,1-3H3;2*1-2H3. The summed E-state index contributed by atoms with van der Waals surface area (Å²) in [7, 11) is 0. The van der Waals surface area contributed by atoms with Crippen molar-refractivity contribution >= 4 is 11.6 Å². The zero-order valence-electron chi connectivity index (χ0n) is 22.0. The Kier molecular flexibility index (Phi) is 8.19. The predicted octanol–water partition coefficient (Wildman–Crippen LogP) is 8.15. The highest BCUT2D eigenvalue weighted by Gasteiger charge is 2.57. The maximum absolute atomic E-state index is 12.6. The maximum atomic E-state index is 12.6. The van der Waals surface area contributed by atoms with Gasteiger partial charge in [0.1, 0.15) is 5.78 Å². The first kappa shape index (κ1) is 25.7. The first-order valence-electron chi connectivity index (χ1n) is 13.4. The fourth-order valence-electron chi connectivity index (χ4n) is 7.42. The van der Waals surface area contributed by atoms with E-state index in [-0.39, 0.29) is 11.3 Å². The summed E-state index contributed by atoms with van der Waals surface area (Å²) in [5, 5.41) is 0. The Morgan fingerprint density at radius 3 is 2.24 bits per heavy atom. The topological polar surface area (TPSA) is 34.1 Å². The molecule has 5 atom stereocenters. The Labute approximate surface area is 201 Å². The molecule has 0 aliphatic heterocycles. The Morgan fingerprint density at radius 1 is 0.939 bits per heavy atom. The molecule has 0 radical (unpaired) electrons. The number of ketones is 2. The number of hydrogen-bond acceptors (Lipinski definition) is 2. The van der Waals surface area contributed by atoms with Crippen molar-refractivity contribution in [2.75, 3.05) is 0 Å². The van der Waals surface area contributed by atoms with E-state index < -0.39 is 0 Å². The average molecular weight is 449 g/mol. The molecule has 0 bridgehead atoms. The molecule has 0 aromatic heterocycles. The molecular weight excluding hydrogens is 404 g/mol. The van der Waals surface area contributed by atoms with E-state index in [1.807, 2.05) is 40.7 Å². The minimum absolute atomic E-state index is 0.0990. The first-order chi connectivity index (χ1) is 15.9. The highest BCUT2D eigenvalue weighted by atomic mass is 16.1. The zero-order chi connectivity index (χ0) is 24.3. The summed E-state index contributed by atoms with van der Waals surface area (Å²) in [4.78, 5) is 24.6. The zero-order valence-corrected chi connectivity index (χ0v) is 22.0. The normalized spacial score (nSPS) is 32.2. The Balaban J connectivity index is 0.000000728. The number of rotatable bonds is 2. The van der Waals surface area contributed by atoms with Crippen LogP contribution in [0.5, 0.6) is 0 Å². The molecule has 2 heteroatoms. The molecule has 1 aromatic carbocycles. The van der Waals surface area contributed by atoms with Gasteiger partial charge < -0.3 is 0 Å². The maximum Gasteiger partial charge on any atom is 0.156 e. The lowest BCUT2D eigenvalue weighted by atomic mass is 9.51. The van der Waals surface area contributed by atoms with Crippen LogP contribution in [0.25, 0.3) is 0 Å². The summed E-state index contributed by atoms with van der Waals surface area (Å²) in [5.74, 6) is 2.45. The van der Waals surface area contributed by atoms with E-state index in [4.69, 9.17) is 0 Å². The van der Waals surface area contributed by atoms with Crippen molar-refractivity contribution in [3.05, 3.63) is 58.2 Å². The molecule has 1 aromatic rings. The van der Waals surface area contributed by atoms with Crippen molar-refractivity contribution in [1.82, 2.24) is 0 Å². The second-order valence-electron chi connectivity index (χ2n) is 10.2. The second-order valence-corrected chi connectivity index (χ2v) is 10.2. The average Bonchev–Trinajstić information content (AvgIpc) is 3.18. The first-order valence-corrected chi connectivity index (χ1v) is 13.4. The predicted molar refractivity (Wildman–Crippen MR) is 138 cm³/mol. The fraction of sp³-hybridized carbons (Fsp3) is 0.613. The number of benzene rings is 1. The van der Waals surface area contributed by atoms with E-state index in [0.717, 1.165) is 32.1 Å². The van der Waals surface area contributed by atoms with E-state index >= 15 is 0 Å². The van der Waals surface area contributed by atoms with Gasteiger partial charge in [-0.2, -0.15) is 0 Å². The smallest absolute Gasteiger partial charge is 0.156 e. The molecule has 0 spiro atoms. The van der Waals surface area contributed by atoms with Gasteiger partial charge in [-0.15, -0.1) is 0 Å². The van der Waals surface area contributed by atoms with Crippen molar-refractivity contribution in [3.8, 4) is 0 Å². The van der Waals surface area contributed by atoms with Crippen LogP contribution in [0.15, 0.2) is 47.1 Å². The molecule has 2 fully saturated rings. The lowest BCUT2D eigenvalue weighted by Crippen LogP contribution is -2.44. The van der Waals surface area contributed by atoms with E-state index in [2.05, 4.69) is 38.1 Å². The van der Waals surface area contributed by atoms with Crippen LogP contribution in [-0.2, 0) is 9.59 Å². The number of carbonyl (C=O) groups is 2. The van der Waals surface area contributed by atoms with Crippen LogP contribution < -0.4 is 0 Å². The molecule has 4 aliphatic rings. The summed E-state index contributed by atoms with van der Waals surface area (Å²) in [5.41, 5.74) is 7.23. The highest BCUT2D eigenvalue weighted by Crippen LogP contribution is 2.65. The lowest BCUT2D eigenvalue weighted by Gasteiger charge is -2.52. The summed E-state index contributed by atoms with van der Waals surface area (Å²) in [6, 6.07) is 9.06. The fourth-order valence-corrected chi connectivity index (χ4v) is 7.42. The lowest BCUT2D eigenvalue weighted by molar-refractivity contribution is -0.125. The van der Waals surface area contributed by atoms with Crippen LogP contribution in [0.4, 0.5) is 0 Å². The van der Waals surface area contributed by atoms with E-state index in [9.17, 15) is 9.59 Å². The van der Waals surface area contributed by atoms with Crippen molar-refractivity contribution in [2.24, 2.45) is 23.2 Å². The van der Waals surface area contributed by atoms with Crippen LogP contribution in [0.1, 0.15) is 104 Å². The Bertz CT molecular complexity index is 932. The van der Waals surface area contributed by atoms with Crippen molar-refractivity contribution in [2.45, 2.75) is 99.3 Å². The van der Waals surface area contributed by atoms with E-state index in [1.54, 1.807) is 5.57 Å². The van der Waals surface area contributed by atoms with Crippen LogP contribution >= 0.6 is 0 Å². The van der Waals surface area contributed by atoms with Gasteiger partial charge in [-0.3, -0.25) is 9.59 Å². The number of aryl methyl sites for hydroxylation is 1. The third-order valence-corrected chi connectivity index (χ3v) is 8.70. The second kappa shape index (κ2) is 10.5. The van der Waals surface area contributed by atoms with Gasteiger partial charge in [0.05, 0.1) is 0 Å². The number of allylic oxidation sites excluding steroid dienone is 4. The van der Waals surface area contributed by atoms with Crippen LogP contribution in [0, 0.1) is 30.1 Å². The minimum Gasteiger partial charge on any atom is -0.300 e. The number of carbonyl (C=O) groups excluding carboxylic acids is 2. The SMILES string of the molecule is CC.CC.CC(=O)C1CCC2C3CCC4=CC(=O)CCC4=C3C(c3ccc(C)cc3)CC12C. The Hall–Kier alpha value is -1.96. The van der Waals surface area contributed by atoms with E-state index in [1.165, 1.54) is 28.7 Å². The molecule has 2 nitrogen and oxygen atoms in total. The quantitative estimate of drug-likeness (QED) is 0.457. The van der Waals surface area contributed by atoms with Gasteiger partial charge in [0.2, 0.25) is 0 Å². The summed E-state index contributed by atoms with van der Waals surface area (Å²) in [6.45, 7) is 14.4. The molecular formula is C31H44O2. The summed E-state index contributed by atoms with van der Waals surface area (Å²) < 4.78 is 0. The third kappa shape index (κ3) is 4.55. The summed E-state index contributed by atoms with van der Waals surface area (Å²) >= 11 is 0. The van der Waals surface area contributed by atoms with Crippen LogP contribution in [0.3, 0.4) is 0 Å². The van der Waals surface area contributed by atoms with Crippen LogP contribution in [-0.4, -0.2) is 11.6 Å². The van der Waals surface area contributed by atoms with Gasteiger partial charge in [0, 0.05) is 18.3 Å². The molecule has 180 valence electrons. The molecule has 4 aliphatic carbocycles. The molecule has 0 N–H and O–H groups in total. The molecule has 5 unspecified atom stereocenters. The van der Waals surface area contributed by atoms with Crippen molar-refractivity contribution in [1.29, 1.82) is 0 Å². The minimum atomic E-state index is 0.0990. The highest BCUT2D eigenvalue weighted by molar-refractivity contribution is 5.93. The number of hydrogen-bond donors (Lipinski definition) is 0. The largest absolute Gasteiger partial charge is 0.300 e. The third-order valence-electron chi connectivity index (χ3n) is 8.70. The number of Topliss-reactive ketones (excluding diaryl/α,β-unsaturated/α-hetero) is 1. The van der Waals surface area contributed by atoms with Crippen molar-refractivity contribution in [3.63, 3.8) is 0 Å². The molecule has 33 heavy (non-hydrogen) atoms. The molecule has 5 rings (SSSR count). The van der Waals surface area contributed by atoms with Gasteiger partial charge in [0.25, 0.3) is 0 Å². The monoisotopic (exact) mass is 448 g/mol. The van der Waals surface area contributed by atoms with Crippen molar-refractivity contribution < 1.29 is 9.59 Å².